The van der Waals surface area contributed by atoms with Gasteiger partial charge in [0.25, 0.3) is 0 Å². The average molecular weight is 818 g/mol. The molecule has 0 aromatic heterocycles. The van der Waals surface area contributed by atoms with Crippen molar-refractivity contribution in [2.75, 3.05) is 4.90 Å². The number of hydrogen-bond donors (Lipinski definition) is 0. The van der Waals surface area contributed by atoms with Gasteiger partial charge in [0.1, 0.15) is 0 Å². The fourth-order valence-electron chi connectivity index (χ4n) is 10.6. The first-order chi connectivity index (χ1) is 31.7. The van der Waals surface area contributed by atoms with E-state index in [-0.39, 0.29) is 0 Å². The van der Waals surface area contributed by atoms with Gasteiger partial charge >= 0.3 is 0 Å². The van der Waals surface area contributed by atoms with Crippen LogP contribution in [0.4, 0.5) is 17.1 Å². The first-order valence-electron chi connectivity index (χ1n) is 21.9. The van der Waals surface area contributed by atoms with Crippen molar-refractivity contribution in [3.8, 4) is 78.6 Å². The van der Waals surface area contributed by atoms with Crippen molar-refractivity contribution in [3.63, 3.8) is 0 Å². The van der Waals surface area contributed by atoms with E-state index in [1.54, 1.807) is 0 Å². The van der Waals surface area contributed by atoms with Gasteiger partial charge in [-0.25, -0.2) is 0 Å². The zero-order valence-corrected chi connectivity index (χ0v) is 34.8. The van der Waals surface area contributed by atoms with Gasteiger partial charge in [-0.05, 0) is 132 Å². The van der Waals surface area contributed by atoms with Crippen LogP contribution in [0.5, 0.6) is 23.0 Å². The minimum absolute atomic E-state index is 0.486. The van der Waals surface area contributed by atoms with E-state index in [9.17, 15) is 0 Å². The number of ether oxygens (including phenoxy) is 2. The number of hydrogen-bond acceptors (Lipinski definition) is 3. The molecule has 3 heteroatoms. The molecule has 2 aliphatic carbocycles. The van der Waals surface area contributed by atoms with Gasteiger partial charge in [0.15, 0.2) is 23.0 Å². The van der Waals surface area contributed by atoms with Crippen LogP contribution in [-0.2, 0) is 5.41 Å². The zero-order valence-electron chi connectivity index (χ0n) is 34.8. The lowest BCUT2D eigenvalue weighted by molar-refractivity contribution is 0.360. The van der Waals surface area contributed by atoms with Crippen molar-refractivity contribution >= 4 is 17.1 Å². The second kappa shape index (κ2) is 14.3. The molecule has 13 rings (SSSR count). The Morgan fingerprint density at radius 2 is 0.750 bits per heavy atom. The highest BCUT2D eigenvalue weighted by Crippen LogP contribution is 2.65. The molecular formula is C61H39NO2. The lowest BCUT2D eigenvalue weighted by Gasteiger charge is -2.32. The predicted molar refractivity (Wildman–Crippen MR) is 260 cm³/mol. The number of rotatable bonds is 6. The van der Waals surface area contributed by atoms with Crippen LogP contribution in [0.3, 0.4) is 0 Å². The molecule has 1 spiro atoms. The Hall–Kier alpha value is -8.40. The van der Waals surface area contributed by atoms with E-state index < -0.39 is 5.41 Å². The van der Waals surface area contributed by atoms with Crippen molar-refractivity contribution < 1.29 is 9.47 Å². The summed E-state index contributed by atoms with van der Waals surface area (Å²) in [5.74, 6) is 2.70. The molecule has 300 valence electrons. The quantitative estimate of drug-likeness (QED) is 0.167. The topological polar surface area (TPSA) is 21.7 Å². The van der Waals surface area contributed by atoms with Crippen LogP contribution in [0.25, 0.3) is 55.6 Å². The third kappa shape index (κ3) is 5.47. The molecular weight excluding hydrogens is 779 g/mol. The first-order valence-corrected chi connectivity index (χ1v) is 21.9. The molecule has 10 aromatic rings. The van der Waals surface area contributed by atoms with E-state index in [1.807, 2.05) is 6.07 Å². The summed E-state index contributed by atoms with van der Waals surface area (Å²) in [6.07, 6.45) is 0. The third-order valence-electron chi connectivity index (χ3n) is 13.3. The van der Waals surface area contributed by atoms with Crippen molar-refractivity contribution in [2.45, 2.75) is 5.41 Å². The highest BCUT2D eigenvalue weighted by Gasteiger charge is 2.52. The van der Waals surface area contributed by atoms with Crippen LogP contribution in [0.2, 0.25) is 0 Å². The Morgan fingerprint density at radius 3 is 1.34 bits per heavy atom. The van der Waals surface area contributed by atoms with Crippen LogP contribution in [-0.4, -0.2) is 0 Å². The normalized spacial score (nSPS) is 13.1. The van der Waals surface area contributed by atoms with Crippen molar-refractivity contribution in [2.24, 2.45) is 0 Å². The zero-order chi connectivity index (χ0) is 42.2. The van der Waals surface area contributed by atoms with Crippen LogP contribution in [0.15, 0.2) is 237 Å². The smallest absolute Gasteiger partial charge is 0.194 e. The Labute approximate surface area is 372 Å². The van der Waals surface area contributed by atoms with E-state index in [0.717, 1.165) is 56.0 Å². The molecule has 0 bridgehead atoms. The molecule has 1 aliphatic heterocycles. The maximum absolute atomic E-state index is 7.24. The lowest BCUT2D eigenvalue weighted by Crippen LogP contribution is -2.25. The third-order valence-corrected chi connectivity index (χ3v) is 13.3. The second-order valence-electron chi connectivity index (χ2n) is 16.8. The number of nitrogens with zero attached hydrogens (tertiary/aromatic N) is 1. The number of para-hydroxylation sites is 1. The van der Waals surface area contributed by atoms with Gasteiger partial charge in [-0.3, -0.25) is 0 Å². The molecule has 0 N–H and O–H groups in total. The molecule has 10 aromatic carbocycles. The first kappa shape index (κ1) is 36.3. The molecule has 0 fully saturated rings. The number of fused-ring (bicyclic) bond motifs is 12. The van der Waals surface area contributed by atoms with Gasteiger partial charge < -0.3 is 14.4 Å². The molecule has 3 aliphatic rings. The molecule has 64 heavy (non-hydrogen) atoms. The molecule has 0 amide bonds. The Balaban J connectivity index is 1.01. The van der Waals surface area contributed by atoms with Crippen molar-refractivity contribution in [3.05, 3.63) is 259 Å². The van der Waals surface area contributed by atoms with E-state index in [2.05, 4.69) is 235 Å². The van der Waals surface area contributed by atoms with Gasteiger partial charge in [0, 0.05) is 11.4 Å². The predicted octanol–water partition coefficient (Wildman–Crippen LogP) is 16.4. The molecule has 3 nitrogen and oxygen atoms in total. The number of anilines is 3. The minimum atomic E-state index is -0.486. The van der Waals surface area contributed by atoms with Crippen molar-refractivity contribution in [1.82, 2.24) is 0 Å². The lowest BCUT2D eigenvalue weighted by atomic mass is 9.70. The molecule has 0 saturated carbocycles. The van der Waals surface area contributed by atoms with Gasteiger partial charge in [-0.1, -0.05) is 182 Å². The van der Waals surface area contributed by atoms with Crippen molar-refractivity contribution in [1.29, 1.82) is 0 Å². The fraction of sp³-hybridized carbons (Fsp3) is 0.0164. The molecule has 1 heterocycles. The highest BCUT2D eigenvalue weighted by atomic mass is 16.6. The SMILES string of the molecule is c1ccc(-c2cccc(N(c3cc(-c4ccccc4)cc(-c4ccccc4)c3)c3cccc4c3Oc3cc5c(cc3O4)C3(c4ccccc4-c4ccccc43)c3ccccc3-5)c2)cc1. The van der Waals surface area contributed by atoms with Gasteiger partial charge in [0.2, 0.25) is 0 Å². The Bertz CT molecular complexity index is 3350. The maximum atomic E-state index is 7.24. The van der Waals surface area contributed by atoms with E-state index >= 15 is 0 Å². The fourth-order valence-corrected chi connectivity index (χ4v) is 10.6. The van der Waals surface area contributed by atoms with Crippen LogP contribution in [0.1, 0.15) is 22.3 Å². The van der Waals surface area contributed by atoms with E-state index in [1.165, 1.54) is 38.9 Å². The average Bonchev–Trinajstić information content (AvgIpc) is 3.83. The molecule has 0 radical (unpaired) electrons. The van der Waals surface area contributed by atoms with E-state index in [4.69, 9.17) is 9.47 Å². The van der Waals surface area contributed by atoms with Gasteiger partial charge in [-0.2, -0.15) is 0 Å². The second-order valence-corrected chi connectivity index (χ2v) is 16.8. The van der Waals surface area contributed by atoms with Gasteiger partial charge in [0.05, 0.1) is 11.1 Å². The summed E-state index contributed by atoms with van der Waals surface area (Å²) in [4.78, 5) is 2.32. The summed E-state index contributed by atoms with van der Waals surface area (Å²) in [7, 11) is 0. The van der Waals surface area contributed by atoms with Crippen LogP contribution >= 0.6 is 0 Å². The highest BCUT2D eigenvalue weighted by molar-refractivity contribution is 5.96. The molecule has 0 unspecified atom stereocenters. The summed E-state index contributed by atoms with van der Waals surface area (Å²) < 4.78 is 14.3. The molecule has 0 saturated heterocycles. The van der Waals surface area contributed by atoms with E-state index in [0.29, 0.717) is 23.0 Å². The Morgan fingerprint density at radius 1 is 0.281 bits per heavy atom. The summed E-state index contributed by atoms with van der Waals surface area (Å²) in [5.41, 5.74) is 19.1. The summed E-state index contributed by atoms with van der Waals surface area (Å²) in [6, 6.07) is 84.8. The summed E-state index contributed by atoms with van der Waals surface area (Å²) in [6.45, 7) is 0. The largest absolute Gasteiger partial charge is 0.449 e. The maximum Gasteiger partial charge on any atom is 0.194 e. The summed E-state index contributed by atoms with van der Waals surface area (Å²) >= 11 is 0. The van der Waals surface area contributed by atoms with Gasteiger partial charge in [-0.15, -0.1) is 0 Å². The minimum Gasteiger partial charge on any atom is -0.449 e. The Kier molecular flexibility index (Phi) is 8.13. The molecule has 0 atom stereocenters. The standard InChI is InChI=1S/C61H39NO2/c1-4-18-40(19-5-1)43-24-16-25-46(35-43)62(47-36-44(41-20-6-2-7-21-41)34-45(37-47)42-22-8-3-9-23-42)56-32-17-33-57-60(56)64-58-38-51-50-28-12-15-31-54(50)61(55(51)39-59(58)63-57)52-29-13-10-26-48(52)49-27-11-14-30-53(49)61/h1-39H. The summed E-state index contributed by atoms with van der Waals surface area (Å²) in [5, 5.41) is 0. The monoisotopic (exact) mass is 817 g/mol. The van der Waals surface area contributed by atoms with Crippen LogP contribution < -0.4 is 14.4 Å². The van der Waals surface area contributed by atoms with Crippen LogP contribution in [0, 0.1) is 0 Å². The number of benzene rings is 10.